The van der Waals surface area contributed by atoms with Crippen molar-refractivity contribution in [1.29, 1.82) is 0 Å². The Morgan fingerprint density at radius 2 is 1.00 bits per heavy atom. The van der Waals surface area contributed by atoms with Gasteiger partial charge >= 0.3 is 6.18 Å². The first-order valence-electron chi connectivity index (χ1n) is 15.2. The van der Waals surface area contributed by atoms with Crippen LogP contribution in [0.3, 0.4) is 0 Å². The average molecular weight is 933 g/mol. The average Bonchev–Trinajstić information content (AvgIpc) is 3.78. The van der Waals surface area contributed by atoms with Crippen LogP contribution in [0.15, 0.2) is 134 Å². The normalized spacial score (nSPS) is 11.5. The second kappa shape index (κ2) is 17.6. The van der Waals surface area contributed by atoms with E-state index in [-0.39, 0.29) is 30.9 Å². The molecule has 4 aromatic carbocycles. The third-order valence-corrected chi connectivity index (χ3v) is 12.6. The first-order chi connectivity index (χ1) is 25.9. The number of alkyl halides is 3. The predicted octanol–water partition coefficient (Wildman–Crippen LogP) is 10.7. The minimum absolute atomic E-state index is 0.00873. The molecule has 2 heterocycles. The molecule has 0 aliphatic carbocycles. The van der Waals surface area contributed by atoms with E-state index in [1.54, 1.807) is 66.0 Å². The van der Waals surface area contributed by atoms with Gasteiger partial charge in [0.15, 0.2) is 0 Å². The van der Waals surface area contributed by atoms with Crippen LogP contribution < -0.4 is 20.1 Å². The molecule has 20 heteroatoms. The number of hydrogen-bond donors (Lipinski definition) is 4. The van der Waals surface area contributed by atoms with Crippen LogP contribution in [0.5, 0.6) is 0 Å². The van der Waals surface area contributed by atoms with Crippen LogP contribution in [0.25, 0.3) is 0 Å². The molecule has 286 valence electrons. The molecular formula is C35H24BrCl2F3N4O6S4. The van der Waals surface area contributed by atoms with Crippen LogP contribution in [0, 0.1) is 0 Å². The quantitative estimate of drug-likeness (QED) is 0.107. The Morgan fingerprint density at radius 3 is 1.38 bits per heavy atom. The molecule has 0 saturated heterocycles. The number of thiophene rings is 2. The van der Waals surface area contributed by atoms with Crippen molar-refractivity contribution in [2.24, 2.45) is 0 Å². The van der Waals surface area contributed by atoms with Crippen molar-refractivity contribution in [2.45, 2.75) is 16.0 Å². The lowest BCUT2D eigenvalue weighted by atomic mass is 10.2. The maximum absolute atomic E-state index is 12.7. The van der Waals surface area contributed by atoms with E-state index in [9.17, 15) is 39.6 Å². The maximum atomic E-state index is 12.7. The van der Waals surface area contributed by atoms with Gasteiger partial charge in [-0.15, -0.1) is 22.7 Å². The number of carbonyl (C=O) groups excluding carboxylic acids is 2. The van der Waals surface area contributed by atoms with Crippen molar-refractivity contribution >= 4 is 116 Å². The highest BCUT2D eigenvalue weighted by atomic mass is 79.9. The lowest BCUT2D eigenvalue weighted by molar-refractivity contribution is -0.137. The zero-order chi connectivity index (χ0) is 40.0. The first kappa shape index (κ1) is 41.7. The van der Waals surface area contributed by atoms with Gasteiger partial charge in [-0.3, -0.25) is 19.0 Å². The van der Waals surface area contributed by atoms with Crippen molar-refractivity contribution in [3.05, 3.63) is 150 Å². The Morgan fingerprint density at radius 1 is 0.600 bits per heavy atom. The molecule has 0 aliphatic rings. The summed E-state index contributed by atoms with van der Waals surface area (Å²) in [5.74, 6) is -0.983. The predicted molar refractivity (Wildman–Crippen MR) is 215 cm³/mol. The van der Waals surface area contributed by atoms with Gasteiger partial charge in [0.1, 0.15) is 9.75 Å². The van der Waals surface area contributed by atoms with Gasteiger partial charge in [-0.25, -0.2) is 16.8 Å². The van der Waals surface area contributed by atoms with E-state index in [2.05, 4.69) is 36.0 Å². The second-order valence-corrected chi connectivity index (χ2v) is 17.9. The number of halogens is 6. The number of hydrogen-bond acceptors (Lipinski definition) is 8. The zero-order valence-electron chi connectivity index (χ0n) is 27.4. The molecule has 0 unspecified atom stereocenters. The summed E-state index contributed by atoms with van der Waals surface area (Å²) in [4.78, 5) is 25.1. The van der Waals surface area contributed by atoms with Gasteiger partial charge < -0.3 is 10.6 Å². The van der Waals surface area contributed by atoms with Gasteiger partial charge in [-0.2, -0.15) is 13.2 Å². The minimum Gasteiger partial charge on any atom is -0.321 e. The van der Waals surface area contributed by atoms with Crippen molar-refractivity contribution in [2.75, 3.05) is 20.1 Å². The summed E-state index contributed by atoms with van der Waals surface area (Å²) in [7, 11) is -7.99. The van der Waals surface area contributed by atoms with Crippen molar-refractivity contribution in [1.82, 2.24) is 0 Å². The van der Waals surface area contributed by atoms with E-state index in [4.69, 9.17) is 23.2 Å². The molecule has 6 rings (SSSR count). The molecule has 0 aliphatic heterocycles. The first-order valence-corrected chi connectivity index (χ1v) is 21.5. The molecular weight excluding hydrogens is 908 g/mol. The Bertz CT molecular complexity index is 2550. The highest BCUT2D eigenvalue weighted by Crippen LogP contribution is 2.32. The summed E-state index contributed by atoms with van der Waals surface area (Å²) in [5.41, 5.74) is 0.213. The summed E-state index contributed by atoms with van der Waals surface area (Å²) in [6.45, 7) is 0. The number of carbonyl (C=O) groups is 2. The molecule has 4 N–H and O–H groups in total. The van der Waals surface area contributed by atoms with Crippen LogP contribution in [-0.2, 0) is 26.2 Å². The van der Waals surface area contributed by atoms with Gasteiger partial charge in [-0.05, 0) is 108 Å². The SMILES string of the molecule is O=C(Nc1cccc(Cl)c1)c1sccc1NS(=O)(=O)c1ccc(Br)cc1.O=C(Nc1cccc(Cl)c1)c1sccc1NS(=O)(=O)c1ccc(C(F)(F)F)cc1. The molecule has 0 bridgehead atoms. The van der Waals surface area contributed by atoms with Crippen LogP contribution in [0.1, 0.15) is 24.9 Å². The number of anilines is 4. The number of sulfonamides is 2. The molecule has 0 atom stereocenters. The maximum Gasteiger partial charge on any atom is 0.416 e. The standard InChI is InChI=1S/C18H12ClF3N2O3S2.C17H12BrClN2O3S2/c19-12-2-1-3-13(10-12)23-17(25)16-15(8-9-28-16)24-29(26,27)14-6-4-11(5-7-14)18(20,21)22;18-11-4-6-14(7-5-11)26(23,24)21-15-8-9-25-16(15)17(22)20-13-3-1-2-12(19)10-13/h1-10,24H,(H,23,25);1-10,21H,(H,20,22). The van der Waals surface area contributed by atoms with Gasteiger partial charge in [-0.1, -0.05) is 51.3 Å². The highest BCUT2D eigenvalue weighted by Gasteiger charge is 2.31. The number of amides is 2. The molecule has 6 aromatic rings. The number of rotatable bonds is 10. The van der Waals surface area contributed by atoms with E-state index in [0.717, 1.165) is 39.3 Å². The van der Waals surface area contributed by atoms with E-state index in [1.165, 1.54) is 29.6 Å². The molecule has 55 heavy (non-hydrogen) atoms. The number of nitrogens with one attached hydrogen (secondary N) is 4. The minimum atomic E-state index is -4.57. The molecule has 2 amide bonds. The van der Waals surface area contributed by atoms with Gasteiger partial charge in [0.25, 0.3) is 31.9 Å². The Hall–Kier alpha value is -4.43. The summed E-state index contributed by atoms with van der Waals surface area (Å²) < 4.78 is 93.5. The molecule has 0 saturated carbocycles. The largest absolute Gasteiger partial charge is 0.416 e. The smallest absolute Gasteiger partial charge is 0.321 e. The fourth-order valence-electron chi connectivity index (χ4n) is 4.48. The lowest BCUT2D eigenvalue weighted by Crippen LogP contribution is -2.17. The topological polar surface area (TPSA) is 151 Å². The van der Waals surface area contributed by atoms with E-state index in [0.29, 0.717) is 33.6 Å². The highest BCUT2D eigenvalue weighted by molar-refractivity contribution is 9.10. The summed E-state index contributed by atoms with van der Waals surface area (Å²) >= 11 is 17.2. The Balaban J connectivity index is 0.000000212. The summed E-state index contributed by atoms with van der Waals surface area (Å²) in [6.07, 6.45) is -4.57. The molecule has 0 fully saturated rings. The van der Waals surface area contributed by atoms with Crippen molar-refractivity contribution in [3.8, 4) is 0 Å². The van der Waals surface area contributed by atoms with Crippen LogP contribution in [0.2, 0.25) is 10.0 Å². The number of benzene rings is 4. The third kappa shape index (κ3) is 11.3. The van der Waals surface area contributed by atoms with Crippen LogP contribution >= 0.6 is 61.8 Å². The van der Waals surface area contributed by atoms with Gasteiger partial charge in [0.2, 0.25) is 0 Å². The van der Waals surface area contributed by atoms with Gasteiger partial charge in [0.05, 0.1) is 26.7 Å². The fourth-order valence-corrected chi connectivity index (χ4v) is 8.89. The monoisotopic (exact) mass is 930 g/mol. The van der Waals surface area contributed by atoms with E-state index < -0.39 is 43.6 Å². The van der Waals surface area contributed by atoms with Crippen LogP contribution in [-0.4, -0.2) is 28.6 Å². The zero-order valence-corrected chi connectivity index (χ0v) is 33.8. The second-order valence-electron chi connectivity index (χ2n) is 10.9. The van der Waals surface area contributed by atoms with Crippen molar-refractivity contribution < 1.29 is 39.6 Å². The molecule has 2 aromatic heterocycles. The molecule has 10 nitrogen and oxygen atoms in total. The fraction of sp³-hybridized carbons (Fsp3) is 0.0286. The summed E-state index contributed by atoms with van der Waals surface area (Å²) in [5, 5.41) is 9.37. The van der Waals surface area contributed by atoms with Crippen molar-refractivity contribution in [3.63, 3.8) is 0 Å². The molecule has 0 spiro atoms. The molecule has 0 radical (unpaired) electrons. The van der Waals surface area contributed by atoms with E-state index in [1.807, 2.05) is 0 Å². The van der Waals surface area contributed by atoms with Crippen LogP contribution in [0.4, 0.5) is 35.9 Å². The Labute approximate surface area is 339 Å². The third-order valence-electron chi connectivity index (χ3n) is 7.01. The Kier molecular flexibility index (Phi) is 13.3. The summed E-state index contributed by atoms with van der Waals surface area (Å²) in [6, 6.07) is 25.3. The lowest BCUT2D eigenvalue weighted by Gasteiger charge is -2.11. The van der Waals surface area contributed by atoms with Gasteiger partial charge in [0, 0.05) is 25.9 Å². The van der Waals surface area contributed by atoms with E-state index >= 15 is 0 Å².